The molecule has 0 saturated heterocycles. The van der Waals surface area contributed by atoms with E-state index in [1.165, 1.54) is 11.9 Å². The van der Waals surface area contributed by atoms with Gasteiger partial charge in [-0.15, -0.1) is 0 Å². The average Bonchev–Trinajstić information content (AvgIpc) is 2.48. The lowest BCUT2D eigenvalue weighted by molar-refractivity contribution is -0.156. The number of hydrogen-bond acceptors (Lipinski definition) is 5. The number of likely N-dealkylation sites (N-methyl/N-ethyl adjacent to an activating group) is 1. The van der Waals surface area contributed by atoms with Crippen LogP contribution in [0.4, 0.5) is 4.79 Å². The molecule has 0 heterocycles. The lowest BCUT2D eigenvalue weighted by Gasteiger charge is -2.27. The number of carbonyl (C=O) groups is 2. The first-order valence-electron chi connectivity index (χ1n) is 7.49. The van der Waals surface area contributed by atoms with Crippen LogP contribution in [0.3, 0.4) is 0 Å². The predicted octanol–water partition coefficient (Wildman–Crippen LogP) is 2.35. The summed E-state index contributed by atoms with van der Waals surface area (Å²) in [7, 11) is 1.48. The van der Waals surface area contributed by atoms with Gasteiger partial charge in [0.1, 0.15) is 12.2 Å². The monoisotopic (exact) mass is 323 g/mol. The van der Waals surface area contributed by atoms with Gasteiger partial charge in [0.2, 0.25) is 0 Å². The fourth-order valence-electron chi connectivity index (χ4n) is 1.87. The number of esters is 1. The molecule has 0 aromatic heterocycles. The molecule has 0 radical (unpaired) electrons. The summed E-state index contributed by atoms with van der Waals surface area (Å²) in [4.78, 5) is 25.1. The quantitative estimate of drug-likeness (QED) is 0.813. The van der Waals surface area contributed by atoms with Gasteiger partial charge in [0.05, 0.1) is 19.1 Å². The molecule has 128 valence electrons. The first kappa shape index (κ1) is 19.0. The highest BCUT2D eigenvalue weighted by molar-refractivity contribution is 5.73. The smallest absolute Gasteiger partial charge is 0.410 e. The molecule has 1 unspecified atom stereocenters. The second kappa shape index (κ2) is 8.53. The molecule has 23 heavy (non-hydrogen) atoms. The Morgan fingerprint density at radius 2 is 1.83 bits per heavy atom. The molecule has 0 saturated carbocycles. The first-order chi connectivity index (χ1) is 10.7. The molecular formula is C17H25NO5. The van der Waals surface area contributed by atoms with Crippen molar-refractivity contribution < 1.29 is 24.2 Å². The molecule has 6 nitrogen and oxygen atoms in total. The van der Waals surface area contributed by atoms with E-state index in [9.17, 15) is 14.7 Å². The van der Waals surface area contributed by atoms with Crippen molar-refractivity contribution in [2.75, 3.05) is 13.7 Å². The van der Waals surface area contributed by atoms with Crippen molar-refractivity contribution in [2.45, 2.75) is 45.4 Å². The van der Waals surface area contributed by atoms with E-state index < -0.39 is 23.7 Å². The highest BCUT2D eigenvalue weighted by Crippen LogP contribution is 2.12. The van der Waals surface area contributed by atoms with E-state index in [1.54, 1.807) is 20.8 Å². The maximum absolute atomic E-state index is 12.0. The van der Waals surface area contributed by atoms with Gasteiger partial charge in [0, 0.05) is 7.05 Å². The number of nitrogens with zero attached hydrogens (tertiary/aromatic N) is 1. The van der Waals surface area contributed by atoms with Crippen molar-refractivity contribution >= 4 is 12.1 Å². The molecule has 0 aliphatic rings. The van der Waals surface area contributed by atoms with E-state index in [0.29, 0.717) is 0 Å². The van der Waals surface area contributed by atoms with Gasteiger partial charge in [0.15, 0.2) is 0 Å². The van der Waals surface area contributed by atoms with Crippen LogP contribution in [0.15, 0.2) is 30.3 Å². The summed E-state index contributed by atoms with van der Waals surface area (Å²) < 4.78 is 10.4. The van der Waals surface area contributed by atoms with Crippen LogP contribution >= 0.6 is 0 Å². The van der Waals surface area contributed by atoms with Crippen LogP contribution in [0.1, 0.15) is 32.8 Å². The average molecular weight is 323 g/mol. The van der Waals surface area contributed by atoms with E-state index in [2.05, 4.69) is 0 Å². The molecule has 0 aliphatic heterocycles. The van der Waals surface area contributed by atoms with Crippen LogP contribution in [0.5, 0.6) is 0 Å². The molecule has 1 amide bonds. The standard InChI is InChI=1S/C17H25NO5/c1-17(2,3)23-15(20)10-14(11-19)18(4)16(21)22-12-13-8-6-5-7-9-13/h5-9,14,19H,10-12H2,1-4H3. The molecule has 0 bridgehead atoms. The number of hydrogen-bond donors (Lipinski definition) is 1. The van der Waals surface area contributed by atoms with Gasteiger partial charge in [-0.25, -0.2) is 4.79 Å². The minimum absolute atomic E-state index is 0.0926. The molecule has 0 spiro atoms. The zero-order valence-corrected chi connectivity index (χ0v) is 14.1. The number of benzene rings is 1. The normalized spacial score (nSPS) is 12.4. The molecule has 0 aliphatic carbocycles. The lowest BCUT2D eigenvalue weighted by atomic mass is 10.1. The summed E-state index contributed by atoms with van der Waals surface area (Å²) in [5.41, 5.74) is 0.255. The van der Waals surface area contributed by atoms with E-state index in [-0.39, 0.29) is 19.6 Å². The van der Waals surface area contributed by atoms with Crippen molar-refractivity contribution in [1.29, 1.82) is 0 Å². The van der Waals surface area contributed by atoms with Gasteiger partial charge in [-0.05, 0) is 26.3 Å². The third-order valence-electron chi connectivity index (χ3n) is 3.07. The zero-order valence-electron chi connectivity index (χ0n) is 14.1. The Hall–Kier alpha value is -2.08. The number of amides is 1. The largest absolute Gasteiger partial charge is 0.460 e. The van der Waals surface area contributed by atoms with Gasteiger partial charge in [-0.2, -0.15) is 0 Å². The molecule has 1 rings (SSSR count). The van der Waals surface area contributed by atoms with Gasteiger partial charge in [0.25, 0.3) is 0 Å². The van der Waals surface area contributed by atoms with Gasteiger partial charge in [-0.1, -0.05) is 30.3 Å². The highest BCUT2D eigenvalue weighted by atomic mass is 16.6. The maximum Gasteiger partial charge on any atom is 0.410 e. The van der Waals surface area contributed by atoms with Crippen LogP contribution in [0.25, 0.3) is 0 Å². The van der Waals surface area contributed by atoms with Crippen LogP contribution in [0.2, 0.25) is 0 Å². The molecule has 6 heteroatoms. The Kier molecular flexibility index (Phi) is 7.03. The maximum atomic E-state index is 12.0. The topological polar surface area (TPSA) is 76.1 Å². The Labute approximate surface area is 137 Å². The number of aliphatic hydroxyl groups is 1. The summed E-state index contributed by atoms with van der Waals surface area (Å²) in [5, 5.41) is 9.42. The van der Waals surface area contributed by atoms with Gasteiger partial charge in [-0.3, -0.25) is 4.79 Å². The Balaban J connectivity index is 2.52. The fraction of sp³-hybridized carbons (Fsp3) is 0.529. The Bertz CT molecular complexity index is 509. The lowest BCUT2D eigenvalue weighted by Crippen LogP contribution is -2.42. The van der Waals surface area contributed by atoms with Crippen molar-refractivity contribution in [2.24, 2.45) is 0 Å². The summed E-state index contributed by atoms with van der Waals surface area (Å²) in [6.07, 6.45) is -0.693. The van der Waals surface area contributed by atoms with Crippen LogP contribution in [-0.2, 0) is 20.9 Å². The Morgan fingerprint density at radius 3 is 2.35 bits per heavy atom. The molecular weight excluding hydrogens is 298 g/mol. The summed E-state index contributed by atoms with van der Waals surface area (Å²) in [5.74, 6) is -0.473. The number of rotatable bonds is 6. The second-order valence-electron chi connectivity index (χ2n) is 6.28. The molecule has 0 fully saturated rings. The minimum atomic E-state index is -0.687. The van der Waals surface area contributed by atoms with E-state index in [0.717, 1.165) is 5.56 Å². The second-order valence-corrected chi connectivity index (χ2v) is 6.28. The summed E-state index contributed by atoms with van der Waals surface area (Å²) in [6.45, 7) is 5.06. The van der Waals surface area contributed by atoms with Crippen LogP contribution in [0, 0.1) is 0 Å². The number of aliphatic hydroxyl groups excluding tert-OH is 1. The molecule has 1 aromatic rings. The van der Waals surface area contributed by atoms with Crippen LogP contribution in [-0.4, -0.2) is 47.4 Å². The minimum Gasteiger partial charge on any atom is -0.460 e. The van der Waals surface area contributed by atoms with Crippen molar-refractivity contribution in [3.63, 3.8) is 0 Å². The zero-order chi connectivity index (χ0) is 17.5. The Morgan fingerprint density at radius 1 is 1.22 bits per heavy atom. The van der Waals surface area contributed by atoms with Crippen LogP contribution < -0.4 is 0 Å². The third-order valence-corrected chi connectivity index (χ3v) is 3.07. The predicted molar refractivity (Wildman–Crippen MR) is 85.7 cm³/mol. The fourth-order valence-corrected chi connectivity index (χ4v) is 1.87. The molecule has 1 N–H and O–H groups in total. The van der Waals surface area contributed by atoms with Crippen molar-refractivity contribution in [3.8, 4) is 0 Å². The van der Waals surface area contributed by atoms with E-state index >= 15 is 0 Å². The first-order valence-corrected chi connectivity index (χ1v) is 7.49. The highest BCUT2D eigenvalue weighted by Gasteiger charge is 2.26. The van der Waals surface area contributed by atoms with Crippen molar-refractivity contribution in [3.05, 3.63) is 35.9 Å². The number of carbonyl (C=O) groups excluding carboxylic acids is 2. The third kappa shape index (κ3) is 7.15. The van der Waals surface area contributed by atoms with E-state index in [4.69, 9.17) is 9.47 Å². The molecule has 1 atom stereocenters. The summed E-state index contributed by atoms with van der Waals surface area (Å²) >= 11 is 0. The number of ether oxygens (including phenoxy) is 2. The molecule has 1 aromatic carbocycles. The summed E-state index contributed by atoms with van der Waals surface area (Å²) in [6, 6.07) is 8.58. The van der Waals surface area contributed by atoms with E-state index in [1.807, 2.05) is 30.3 Å². The van der Waals surface area contributed by atoms with Gasteiger partial charge >= 0.3 is 12.1 Å². The SMILES string of the molecule is CN(C(=O)OCc1ccccc1)C(CO)CC(=O)OC(C)(C)C. The van der Waals surface area contributed by atoms with Crippen molar-refractivity contribution in [1.82, 2.24) is 4.90 Å². The van der Waals surface area contributed by atoms with Gasteiger partial charge < -0.3 is 19.5 Å².